The number of methoxy groups -OCH3 is 2. The number of amides is 1. The second-order valence-electron chi connectivity index (χ2n) is 5.58. The van der Waals surface area contributed by atoms with Crippen molar-refractivity contribution in [3.8, 4) is 11.5 Å². The van der Waals surface area contributed by atoms with Gasteiger partial charge in [-0.25, -0.2) is 0 Å². The second-order valence-corrected chi connectivity index (χ2v) is 5.58. The summed E-state index contributed by atoms with van der Waals surface area (Å²) < 4.78 is 16.3. The Morgan fingerprint density at radius 1 is 1.21 bits per heavy atom. The average molecular weight is 327 g/mol. The molecule has 0 unspecified atom stereocenters. The molecule has 1 aliphatic heterocycles. The number of hydrogen-bond acceptors (Lipinski definition) is 4. The first-order chi connectivity index (χ1) is 11.7. The Morgan fingerprint density at radius 3 is 2.83 bits per heavy atom. The Labute approximate surface area is 141 Å². The number of fused-ring (bicyclic) bond motifs is 1. The largest absolute Gasteiger partial charge is 0.497 e. The normalized spacial score (nSPS) is 16.2. The van der Waals surface area contributed by atoms with Gasteiger partial charge in [-0.05, 0) is 29.7 Å². The highest BCUT2D eigenvalue weighted by Crippen LogP contribution is 2.27. The van der Waals surface area contributed by atoms with Crippen molar-refractivity contribution in [2.75, 3.05) is 27.4 Å². The summed E-state index contributed by atoms with van der Waals surface area (Å²) in [6.45, 7) is 1.09. The van der Waals surface area contributed by atoms with Gasteiger partial charge in [-0.2, -0.15) is 0 Å². The topological polar surface area (TPSA) is 56.8 Å². The minimum absolute atomic E-state index is 0.122. The molecule has 0 saturated carbocycles. The van der Waals surface area contributed by atoms with E-state index < -0.39 is 0 Å². The van der Waals surface area contributed by atoms with E-state index in [9.17, 15) is 4.79 Å². The fourth-order valence-corrected chi connectivity index (χ4v) is 2.91. The number of carbonyl (C=O) groups excluding carboxylic acids is 1. The summed E-state index contributed by atoms with van der Waals surface area (Å²) in [6, 6.07) is 13.3. The first-order valence-electron chi connectivity index (χ1n) is 7.92. The lowest BCUT2D eigenvalue weighted by molar-refractivity contribution is 0.0411. The highest BCUT2D eigenvalue weighted by atomic mass is 16.5. The third kappa shape index (κ3) is 3.36. The molecule has 2 aromatic carbocycles. The van der Waals surface area contributed by atoms with E-state index in [0.29, 0.717) is 30.2 Å². The Bertz CT molecular complexity index is 729. The van der Waals surface area contributed by atoms with E-state index in [-0.39, 0.29) is 12.0 Å². The summed E-state index contributed by atoms with van der Waals surface area (Å²) in [4.78, 5) is 12.5. The molecule has 1 heterocycles. The molecule has 0 radical (unpaired) electrons. The van der Waals surface area contributed by atoms with Gasteiger partial charge in [0.1, 0.15) is 17.6 Å². The van der Waals surface area contributed by atoms with E-state index >= 15 is 0 Å². The SMILES string of the molecule is COc1ccc(C(=O)NC[C@H]2OCCc3ccccc32)c(OC)c1. The molecular weight excluding hydrogens is 306 g/mol. The van der Waals surface area contributed by atoms with E-state index in [1.165, 1.54) is 12.7 Å². The number of benzene rings is 2. The summed E-state index contributed by atoms with van der Waals surface area (Å²) in [5, 5.41) is 2.94. The molecule has 2 aromatic rings. The van der Waals surface area contributed by atoms with E-state index in [1.807, 2.05) is 12.1 Å². The number of carbonyl (C=O) groups is 1. The van der Waals surface area contributed by atoms with Crippen LogP contribution in [0.15, 0.2) is 42.5 Å². The maximum Gasteiger partial charge on any atom is 0.255 e. The van der Waals surface area contributed by atoms with Crippen molar-refractivity contribution in [2.24, 2.45) is 0 Å². The molecule has 1 amide bonds. The Morgan fingerprint density at radius 2 is 2.04 bits per heavy atom. The van der Waals surface area contributed by atoms with Gasteiger partial charge >= 0.3 is 0 Å². The molecule has 0 saturated heterocycles. The van der Waals surface area contributed by atoms with Crippen molar-refractivity contribution >= 4 is 5.91 Å². The second kappa shape index (κ2) is 7.36. The van der Waals surface area contributed by atoms with Crippen LogP contribution in [0.1, 0.15) is 27.6 Å². The number of nitrogens with one attached hydrogen (secondary N) is 1. The number of hydrogen-bond donors (Lipinski definition) is 1. The monoisotopic (exact) mass is 327 g/mol. The summed E-state index contributed by atoms with van der Waals surface area (Å²) in [6.07, 6.45) is 0.788. The summed E-state index contributed by atoms with van der Waals surface area (Å²) in [7, 11) is 3.11. The van der Waals surface area contributed by atoms with E-state index in [1.54, 1.807) is 25.3 Å². The maximum absolute atomic E-state index is 12.5. The molecule has 0 aliphatic carbocycles. The lowest BCUT2D eigenvalue weighted by atomic mass is 9.97. The predicted molar refractivity (Wildman–Crippen MR) is 90.7 cm³/mol. The van der Waals surface area contributed by atoms with Crippen LogP contribution in [-0.4, -0.2) is 33.3 Å². The molecule has 0 aromatic heterocycles. The quantitative estimate of drug-likeness (QED) is 0.917. The van der Waals surface area contributed by atoms with Gasteiger partial charge in [-0.1, -0.05) is 24.3 Å². The van der Waals surface area contributed by atoms with Crippen LogP contribution in [0.3, 0.4) is 0 Å². The third-order valence-corrected chi connectivity index (χ3v) is 4.19. The minimum atomic E-state index is -0.193. The lowest BCUT2D eigenvalue weighted by Gasteiger charge is -2.26. The van der Waals surface area contributed by atoms with Crippen molar-refractivity contribution in [1.29, 1.82) is 0 Å². The summed E-state index contributed by atoms with van der Waals surface area (Å²) in [5.41, 5.74) is 2.90. The molecule has 0 spiro atoms. The van der Waals surface area contributed by atoms with Crippen molar-refractivity contribution in [3.63, 3.8) is 0 Å². The van der Waals surface area contributed by atoms with Gasteiger partial charge in [-0.15, -0.1) is 0 Å². The number of rotatable bonds is 5. The van der Waals surface area contributed by atoms with Crippen molar-refractivity contribution in [2.45, 2.75) is 12.5 Å². The highest BCUT2D eigenvalue weighted by molar-refractivity contribution is 5.97. The molecule has 1 N–H and O–H groups in total. The molecule has 126 valence electrons. The first kappa shape index (κ1) is 16.3. The Hall–Kier alpha value is -2.53. The Balaban J connectivity index is 1.71. The molecule has 24 heavy (non-hydrogen) atoms. The third-order valence-electron chi connectivity index (χ3n) is 4.19. The van der Waals surface area contributed by atoms with Crippen LogP contribution in [0.4, 0.5) is 0 Å². The van der Waals surface area contributed by atoms with Crippen molar-refractivity contribution in [3.05, 3.63) is 59.2 Å². The molecule has 3 rings (SSSR count). The van der Waals surface area contributed by atoms with Crippen LogP contribution < -0.4 is 14.8 Å². The van der Waals surface area contributed by atoms with Gasteiger partial charge in [0, 0.05) is 12.6 Å². The van der Waals surface area contributed by atoms with Crippen molar-refractivity contribution in [1.82, 2.24) is 5.32 Å². The molecule has 0 fully saturated rings. The highest BCUT2D eigenvalue weighted by Gasteiger charge is 2.22. The van der Waals surface area contributed by atoms with Gasteiger partial charge < -0.3 is 19.5 Å². The maximum atomic E-state index is 12.5. The van der Waals surface area contributed by atoms with Gasteiger partial charge in [0.25, 0.3) is 5.91 Å². The zero-order chi connectivity index (χ0) is 16.9. The Kier molecular flexibility index (Phi) is 5.01. The fourth-order valence-electron chi connectivity index (χ4n) is 2.91. The standard InChI is InChI=1S/C19H21NO4/c1-22-14-7-8-16(17(11-14)23-2)19(21)20-12-18-15-6-4-3-5-13(15)9-10-24-18/h3-8,11,18H,9-10,12H2,1-2H3,(H,20,21)/t18-/m1/s1. The zero-order valence-corrected chi connectivity index (χ0v) is 13.9. The van der Waals surface area contributed by atoms with Crippen LogP contribution in [0.2, 0.25) is 0 Å². The lowest BCUT2D eigenvalue weighted by Crippen LogP contribution is -2.32. The molecule has 5 heteroatoms. The van der Waals surface area contributed by atoms with Crippen LogP contribution >= 0.6 is 0 Å². The zero-order valence-electron chi connectivity index (χ0n) is 13.9. The summed E-state index contributed by atoms with van der Waals surface area (Å²) in [5.74, 6) is 0.936. The molecule has 1 atom stereocenters. The smallest absolute Gasteiger partial charge is 0.255 e. The molecule has 1 aliphatic rings. The van der Waals surface area contributed by atoms with Gasteiger partial charge in [0.2, 0.25) is 0 Å². The van der Waals surface area contributed by atoms with Crippen LogP contribution in [-0.2, 0) is 11.2 Å². The van der Waals surface area contributed by atoms with Gasteiger partial charge in [-0.3, -0.25) is 4.79 Å². The van der Waals surface area contributed by atoms with E-state index in [0.717, 1.165) is 12.0 Å². The fraction of sp³-hybridized carbons (Fsp3) is 0.316. The predicted octanol–water partition coefficient (Wildman–Crippen LogP) is 2.75. The van der Waals surface area contributed by atoms with Crippen LogP contribution in [0, 0.1) is 0 Å². The average Bonchev–Trinajstić information content (AvgIpc) is 2.65. The molecule has 0 bridgehead atoms. The number of ether oxygens (including phenoxy) is 3. The van der Waals surface area contributed by atoms with Crippen LogP contribution in [0.25, 0.3) is 0 Å². The van der Waals surface area contributed by atoms with Crippen molar-refractivity contribution < 1.29 is 19.0 Å². The summed E-state index contributed by atoms with van der Waals surface area (Å²) >= 11 is 0. The molecular formula is C19H21NO4. The van der Waals surface area contributed by atoms with Gasteiger partial charge in [0.15, 0.2) is 0 Å². The van der Waals surface area contributed by atoms with E-state index in [2.05, 4.69) is 17.4 Å². The van der Waals surface area contributed by atoms with Crippen LogP contribution in [0.5, 0.6) is 11.5 Å². The first-order valence-corrected chi connectivity index (χ1v) is 7.92. The minimum Gasteiger partial charge on any atom is -0.497 e. The van der Waals surface area contributed by atoms with Gasteiger partial charge in [0.05, 0.1) is 26.4 Å². The van der Waals surface area contributed by atoms with E-state index in [4.69, 9.17) is 14.2 Å². The molecule has 5 nitrogen and oxygen atoms in total.